The molecule has 0 radical (unpaired) electrons. The van der Waals surface area contributed by atoms with Crippen LogP contribution in [0.2, 0.25) is 10.0 Å². The largest absolute Gasteiger partial charge is 0.352 e. The van der Waals surface area contributed by atoms with Gasteiger partial charge in [-0.2, -0.15) is 12.7 Å². The van der Waals surface area contributed by atoms with E-state index in [1.807, 2.05) is 6.92 Å². The van der Waals surface area contributed by atoms with Crippen molar-refractivity contribution in [1.82, 2.24) is 14.5 Å². The van der Waals surface area contributed by atoms with Crippen molar-refractivity contribution in [3.8, 4) is 0 Å². The third kappa shape index (κ3) is 7.62. The van der Waals surface area contributed by atoms with Gasteiger partial charge in [-0.05, 0) is 49.1 Å². The molecule has 0 unspecified atom stereocenters. The quantitative estimate of drug-likeness (QED) is 0.409. The van der Waals surface area contributed by atoms with E-state index < -0.39 is 28.7 Å². The summed E-state index contributed by atoms with van der Waals surface area (Å²) >= 11 is 12.3. The summed E-state index contributed by atoms with van der Waals surface area (Å²) in [6, 6.07) is 12.8. The number of para-hydroxylation sites is 1. The zero-order chi connectivity index (χ0) is 27.9. The topological polar surface area (TPSA) is 90.0 Å². The van der Waals surface area contributed by atoms with Crippen LogP contribution in [-0.4, -0.2) is 62.2 Å². The lowest BCUT2D eigenvalue weighted by Gasteiger charge is -2.35. The van der Waals surface area contributed by atoms with Gasteiger partial charge >= 0.3 is 10.2 Å². The molecule has 2 aromatic rings. The maximum atomic E-state index is 13.9. The number of hydrogen-bond acceptors (Lipinski definition) is 4. The smallest absolute Gasteiger partial charge is 0.304 e. The Balaban J connectivity index is 1.96. The summed E-state index contributed by atoms with van der Waals surface area (Å²) in [5.41, 5.74) is 1.03. The van der Waals surface area contributed by atoms with Crippen LogP contribution in [0, 0.1) is 0 Å². The van der Waals surface area contributed by atoms with E-state index in [9.17, 15) is 18.0 Å². The highest BCUT2D eigenvalue weighted by atomic mass is 35.5. The van der Waals surface area contributed by atoms with E-state index in [2.05, 4.69) is 5.32 Å². The third-order valence-corrected chi connectivity index (χ3v) is 9.30. The molecule has 3 rings (SSSR count). The highest BCUT2D eigenvalue weighted by Gasteiger charge is 2.34. The van der Waals surface area contributed by atoms with Gasteiger partial charge in [-0.1, -0.05) is 73.7 Å². The van der Waals surface area contributed by atoms with E-state index in [0.717, 1.165) is 40.7 Å². The van der Waals surface area contributed by atoms with Gasteiger partial charge in [0.05, 0.1) is 15.7 Å². The van der Waals surface area contributed by atoms with Gasteiger partial charge in [0.1, 0.15) is 12.6 Å². The number of hydrogen-bond donors (Lipinski definition) is 1. The molecule has 11 heteroatoms. The summed E-state index contributed by atoms with van der Waals surface area (Å²) in [4.78, 5) is 28.8. The Morgan fingerprint density at radius 3 is 2.24 bits per heavy atom. The van der Waals surface area contributed by atoms with Crippen molar-refractivity contribution in [3.05, 3.63) is 64.1 Å². The summed E-state index contributed by atoms with van der Waals surface area (Å²) in [6.45, 7) is 1.43. The van der Waals surface area contributed by atoms with Crippen LogP contribution >= 0.6 is 23.2 Å². The van der Waals surface area contributed by atoms with Crippen LogP contribution in [-0.2, 0) is 26.3 Å². The molecule has 0 spiro atoms. The van der Waals surface area contributed by atoms with Crippen molar-refractivity contribution in [2.75, 3.05) is 24.9 Å². The zero-order valence-corrected chi connectivity index (χ0v) is 24.4. The Kier molecular flexibility index (Phi) is 10.8. The van der Waals surface area contributed by atoms with Crippen LogP contribution in [0.1, 0.15) is 51.0 Å². The van der Waals surface area contributed by atoms with E-state index in [1.165, 1.54) is 19.0 Å². The number of amides is 2. The third-order valence-electron chi connectivity index (χ3n) is 6.74. The monoisotopic (exact) mass is 582 g/mol. The molecule has 0 heterocycles. The van der Waals surface area contributed by atoms with E-state index in [4.69, 9.17) is 23.2 Å². The molecule has 1 atom stereocenters. The second kappa shape index (κ2) is 13.6. The number of anilines is 1. The number of nitrogens with zero attached hydrogens (tertiary/aromatic N) is 3. The predicted molar refractivity (Wildman–Crippen MR) is 153 cm³/mol. The fraction of sp³-hybridized carbons (Fsp3) is 0.481. The molecule has 1 N–H and O–H groups in total. The summed E-state index contributed by atoms with van der Waals surface area (Å²) < 4.78 is 28.6. The highest BCUT2D eigenvalue weighted by Crippen LogP contribution is 2.25. The molecule has 1 saturated carbocycles. The maximum absolute atomic E-state index is 13.9. The van der Waals surface area contributed by atoms with Gasteiger partial charge in [-0.3, -0.25) is 9.59 Å². The van der Waals surface area contributed by atoms with Crippen LogP contribution in [0.15, 0.2) is 48.5 Å². The number of carbonyl (C=O) groups is 2. The normalized spacial score (nSPS) is 15.2. The predicted octanol–water partition coefficient (Wildman–Crippen LogP) is 4.86. The first-order valence-corrected chi connectivity index (χ1v) is 15.0. The van der Waals surface area contributed by atoms with Gasteiger partial charge in [0, 0.05) is 26.7 Å². The molecule has 0 aliphatic heterocycles. The number of nitrogens with one attached hydrogen (secondary N) is 1. The first kappa shape index (κ1) is 30.2. The molecular weight excluding hydrogens is 547 g/mol. The van der Waals surface area contributed by atoms with Crippen LogP contribution < -0.4 is 9.62 Å². The van der Waals surface area contributed by atoms with E-state index in [-0.39, 0.29) is 18.5 Å². The molecule has 8 nitrogen and oxygen atoms in total. The molecule has 208 valence electrons. The van der Waals surface area contributed by atoms with Crippen LogP contribution in [0.25, 0.3) is 0 Å². The summed E-state index contributed by atoms with van der Waals surface area (Å²) in [6.07, 6.45) is 5.44. The molecule has 2 amide bonds. The molecule has 0 aromatic heterocycles. The molecule has 2 aromatic carbocycles. The Morgan fingerprint density at radius 1 is 1.00 bits per heavy atom. The highest BCUT2D eigenvalue weighted by molar-refractivity contribution is 7.90. The Labute approximate surface area is 236 Å². The van der Waals surface area contributed by atoms with Crippen molar-refractivity contribution in [1.29, 1.82) is 0 Å². The van der Waals surface area contributed by atoms with Crippen LogP contribution in [0.4, 0.5) is 5.69 Å². The van der Waals surface area contributed by atoms with Gasteiger partial charge < -0.3 is 10.2 Å². The number of benzene rings is 2. The lowest BCUT2D eigenvalue weighted by Crippen LogP contribution is -2.54. The lowest BCUT2D eigenvalue weighted by molar-refractivity contribution is -0.140. The fourth-order valence-corrected chi connectivity index (χ4v) is 5.99. The van der Waals surface area contributed by atoms with E-state index in [1.54, 1.807) is 48.5 Å². The van der Waals surface area contributed by atoms with Crippen molar-refractivity contribution >= 4 is 50.9 Å². The molecule has 1 aliphatic carbocycles. The van der Waals surface area contributed by atoms with Crippen molar-refractivity contribution in [2.45, 2.75) is 64.1 Å². The minimum atomic E-state index is -4.00. The minimum Gasteiger partial charge on any atom is -0.352 e. The summed E-state index contributed by atoms with van der Waals surface area (Å²) in [7, 11) is -1.18. The summed E-state index contributed by atoms with van der Waals surface area (Å²) in [5, 5.41) is 3.83. The van der Waals surface area contributed by atoms with Gasteiger partial charge in [0.25, 0.3) is 0 Å². The Hall–Kier alpha value is -2.33. The van der Waals surface area contributed by atoms with Gasteiger partial charge in [0.2, 0.25) is 11.8 Å². The molecule has 1 fully saturated rings. The Bertz CT molecular complexity index is 1200. The second-order valence-corrected chi connectivity index (χ2v) is 12.6. The van der Waals surface area contributed by atoms with Crippen LogP contribution in [0.5, 0.6) is 0 Å². The molecule has 1 aliphatic rings. The zero-order valence-electron chi connectivity index (χ0n) is 22.1. The SMILES string of the molecule is CC[C@@H](C(=O)NC1CCCCC1)N(Cc1ccc(Cl)c(Cl)c1)C(=O)CN(c1ccccc1)S(=O)(=O)N(C)C. The lowest BCUT2D eigenvalue weighted by atomic mass is 9.95. The van der Waals surface area contributed by atoms with Crippen molar-refractivity contribution in [3.63, 3.8) is 0 Å². The molecule has 0 saturated heterocycles. The van der Waals surface area contributed by atoms with E-state index >= 15 is 0 Å². The molecule has 0 bridgehead atoms. The second-order valence-electron chi connectivity index (χ2n) is 9.67. The standard InChI is InChI=1S/C27H36Cl2N4O4S/c1-4-25(27(35)30-21-11-7-5-8-12-21)32(18-20-15-16-23(28)24(29)17-20)26(34)19-33(38(36,37)31(2)3)22-13-9-6-10-14-22/h6,9-10,13-17,21,25H,4-5,7-8,11-12,18-19H2,1-3H3,(H,30,35)/t25-/m0/s1. The fourth-order valence-electron chi connectivity index (χ4n) is 4.61. The first-order valence-electron chi connectivity index (χ1n) is 12.8. The van der Waals surface area contributed by atoms with Gasteiger partial charge in [0.15, 0.2) is 0 Å². The molecular formula is C27H36Cl2N4O4S. The molecule has 38 heavy (non-hydrogen) atoms. The number of carbonyl (C=O) groups excluding carboxylic acids is 2. The van der Waals surface area contributed by atoms with Crippen molar-refractivity contribution in [2.24, 2.45) is 0 Å². The van der Waals surface area contributed by atoms with Gasteiger partial charge in [-0.25, -0.2) is 4.31 Å². The average Bonchev–Trinajstić information content (AvgIpc) is 2.90. The summed E-state index contributed by atoms with van der Waals surface area (Å²) in [5.74, 6) is -0.745. The minimum absolute atomic E-state index is 0.0664. The maximum Gasteiger partial charge on any atom is 0.304 e. The van der Waals surface area contributed by atoms with Crippen LogP contribution in [0.3, 0.4) is 0 Å². The number of halogens is 2. The first-order chi connectivity index (χ1) is 18.0. The van der Waals surface area contributed by atoms with E-state index in [0.29, 0.717) is 27.7 Å². The van der Waals surface area contributed by atoms with Crippen molar-refractivity contribution < 1.29 is 18.0 Å². The van der Waals surface area contributed by atoms with Gasteiger partial charge in [-0.15, -0.1) is 0 Å². The Morgan fingerprint density at radius 2 is 1.66 bits per heavy atom. The average molecular weight is 584 g/mol. The number of rotatable bonds is 11.